The Kier molecular flexibility index (Phi) is 3.33. The number of aliphatic hydroxyl groups excluding tert-OH is 1. The lowest BCUT2D eigenvalue weighted by Gasteiger charge is -2.22. The highest BCUT2D eigenvalue weighted by Gasteiger charge is 2.30. The number of nitrogens with one attached hydrogen (secondary N) is 1. The molecule has 2 unspecified atom stereocenters. The fraction of sp³-hybridized carbons (Fsp3) is 0.200. The summed E-state index contributed by atoms with van der Waals surface area (Å²) in [5.74, 6) is 0.428. The molecule has 5 rings (SSSR count). The van der Waals surface area contributed by atoms with Crippen LogP contribution in [0.3, 0.4) is 0 Å². The number of nitrogens with zero attached hydrogens (tertiary/aromatic N) is 2. The van der Waals surface area contributed by atoms with Gasteiger partial charge in [0, 0.05) is 12.0 Å². The highest BCUT2D eigenvalue weighted by molar-refractivity contribution is 5.95. The number of amides is 1. The maximum atomic E-state index is 11.4. The third kappa shape index (κ3) is 2.30. The van der Waals surface area contributed by atoms with Crippen LogP contribution in [0.2, 0.25) is 0 Å². The third-order valence-electron chi connectivity index (χ3n) is 5.07. The molecule has 0 bridgehead atoms. The quantitative estimate of drug-likeness (QED) is 0.764. The molecule has 0 fully saturated rings. The first kappa shape index (κ1) is 15.2. The van der Waals surface area contributed by atoms with E-state index in [2.05, 4.69) is 27.0 Å². The molecule has 2 aliphatic rings. The smallest absolute Gasteiger partial charge is 0.262 e. The number of imidazole rings is 1. The minimum Gasteiger partial charge on any atom is -0.482 e. The van der Waals surface area contributed by atoms with E-state index >= 15 is 0 Å². The first-order chi connectivity index (χ1) is 12.7. The molecule has 130 valence electrons. The number of anilines is 1. The van der Waals surface area contributed by atoms with E-state index in [0.717, 1.165) is 11.3 Å². The van der Waals surface area contributed by atoms with Gasteiger partial charge in [0.2, 0.25) is 0 Å². The molecular formula is C20H17N3O3. The first-order valence-electron chi connectivity index (χ1n) is 8.56. The Bertz CT molecular complexity index is 1010. The van der Waals surface area contributed by atoms with Gasteiger partial charge in [-0.25, -0.2) is 4.98 Å². The van der Waals surface area contributed by atoms with E-state index in [-0.39, 0.29) is 18.6 Å². The van der Waals surface area contributed by atoms with Crippen molar-refractivity contribution in [2.75, 3.05) is 11.9 Å². The molecule has 0 radical (unpaired) electrons. The number of benzene rings is 2. The highest BCUT2D eigenvalue weighted by Crippen LogP contribution is 2.43. The molecular weight excluding hydrogens is 330 g/mol. The zero-order valence-electron chi connectivity index (χ0n) is 13.9. The SMILES string of the molecule is O=C1COc2cc(C(O)CC3c4ccccc4-c4cncn43)ccc2N1. The number of aliphatic hydroxyl groups is 1. The molecule has 6 nitrogen and oxygen atoms in total. The second-order valence-corrected chi connectivity index (χ2v) is 6.63. The molecule has 26 heavy (non-hydrogen) atoms. The van der Waals surface area contributed by atoms with E-state index in [1.165, 1.54) is 11.1 Å². The van der Waals surface area contributed by atoms with E-state index < -0.39 is 6.10 Å². The molecule has 0 saturated carbocycles. The van der Waals surface area contributed by atoms with Gasteiger partial charge in [-0.1, -0.05) is 30.3 Å². The summed E-state index contributed by atoms with van der Waals surface area (Å²) in [6.07, 6.45) is 3.55. The summed E-state index contributed by atoms with van der Waals surface area (Å²) in [4.78, 5) is 15.6. The molecule has 1 aromatic heterocycles. The maximum Gasteiger partial charge on any atom is 0.262 e. The van der Waals surface area contributed by atoms with E-state index in [1.54, 1.807) is 12.1 Å². The van der Waals surface area contributed by atoms with Gasteiger partial charge >= 0.3 is 0 Å². The van der Waals surface area contributed by atoms with Crippen LogP contribution >= 0.6 is 0 Å². The van der Waals surface area contributed by atoms with Crippen LogP contribution in [0.5, 0.6) is 5.75 Å². The molecule has 2 atom stereocenters. The normalized spacial score (nSPS) is 18.3. The minimum absolute atomic E-state index is 0.000938. The monoisotopic (exact) mass is 347 g/mol. The van der Waals surface area contributed by atoms with Crippen molar-refractivity contribution < 1.29 is 14.6 Å². The Morgan fingerprint density at radius 2 is 2.19 bits per heavy atom. The Balaban J connectivity index is 1.45. The maximum absolute atomic E-state index is 11.4. The van der Waals surface area contributed by atoms with Gasteiger partial charge in [0.05, 0.1) is 36.1 Å². The summed E-state index contributed by atoms with van der Waals surface area (Å²) in [5, 5.41) is 13.6. The summed E-state index contributed by atoms with van der Waals surface area (Å²) in [5.41, 5.74) is 4.85. The van der Waals surface area contributed by atoms with Crippen molar-refractivity contribution in [3.05, 3.63) is 66.1 Å². The van der Waals surface area contributed by atoms with Crippen molar-refractivity contribution in [1.29, 1.82) is 0 Å². The summed E-state index contributed by atoms with van der Waals surface area (Å²) < 4.78 is 7.57. The number of carbonyl (C=O) groups is 1. The molecule has 0 aliphatic carbocycles. The van der Waals surface area contributed by atoms with Crippen LogP contribution in [0.25, 0.3) is 11.3 Å². The Morgan fingerprint density at radius 1 is 1.31 bits per heavy atom. The van der Waals surface area contributed by atoms with E-state index in [9.17, 15) is 9.90 Å². The number of ether oxygens (including phenoxy) is 1. The fourth-order valence-electron chi connectivity index (χ4n) is 3.82. The predicted molar refractivity (Wildman–Crippen MR) is 95.9 cm³/mol. The lowest BCUT2D eigenvalue weighted by atomic mass is 9.95. The van der Waals surface area contributed by atoms with Crippen molar-refractivity contribution in [1.82, 2.24) is 9.55 Å². The standard InChI is InChI=1S/C20H17N3O3/c24-18(12-5-6-15-19(7-12)26-10-20(25)22-15)8-16-13-3-1-2-4-14(13)17-9-21-11-23(16)17/h1-7,9,11,16,18,24H,8,10H2,(H,22,25). The number of aromatic nitrogens is 2. The number of rotatable bonds is 3. The van der Waals surface area contributed by atoms with Gasteiger partial charge in [0.25, 0.3) is 5.91 Å². The zero-order chi connectivity index (χ0) is 17.7. The number of carbonyl (C=O) groups excluding carboxylic acids is 1. The lowest BCUT2D eigenvalue weighted by Crippen LogP contribution is -2.25. The van der Waals surface area contributed by atoms with E-state index in [1.807, 2.05) is 30.7 Å². The van der Waals surface area contributed by atoms with Crippen LogP contribution in [0.15, 0.2) is 55.0 Å². The van der Waals surface area contributed by atoms with Crippen LogP contribution in [-0.2, 0) is 4.79 Å². The van der Waals surface area contributed by atoms with E-state index in [4.69, 9.17) is 4.74 Å². The minimum atomic E-state index is -0.659. The van der Waals surface area contributed by atoms with Crippen molar-refractivity contribution in [2.24, 2.45) is 0 Å². The number of hydrogen-bond acceptors (Lipinski definition) is 4. The molecule has 3 heterocycles. The molecule has 1 amide bonds. The Hall–Kier alpha value is -3.12. The zero-order valence-corrected chi connectivity index (χ0v) is 13.9. The van der Waals surface area contributed by atoms with Crippen LogP contribution in [0, 0.1) is 0 Å². The Labute approximate surface area is 150 Å². The second-order valence-electron chi connectivity index (χ2n) is 6.63. The molecule has 3 aromatic rings. The summed E-state index contributed by atoms with van der Waals surface area (Å²) >= 11 is 0. The highest BCUT2D eigenvalue weighted by atomic mass is 16.5. The van der Waals surface area contributed by atoms with Crippen molar-refractivity contribution in [3.8, 4) is 17.0 Å². The van der Waals surface area contributed by atoms with Gasteiger partial charge in [-0.2, -0.15) is 0 Å². The summed E-state index contributed by atoms with van der Waals surface area (Å²) in [7, 11) is 0. The van der Waals surface area contributed by atoms with Crippen molar-refractivity contribution >= 4 is 11.6 Å². The summed E-state index contributed by atoms with van der Waals surface area (Å²) in [6, 6.07) is 13.7. The van der Waals surface area contributed by atoms with Gasteiger partial charge in [-0.05, 0) is 23.3 Å². The molecule has 0 saturated heterocycles. The second kappa shape index (κ2) is 5.71. The first-order valence-corrected chi connectivity index (χ1v) is 8.56. The molecule has 2 N–H and O–H groups in total. The van der Waals surface area contributed by atoms with Gasteiger partial charge in [-0.3, -0.25) is 4.79 Å². The molecule has 2 aromatic carbocycles. The molecule has 2 aliphatic heterocycles. The molecule has 0 spiro atoms. The number of fused-ring (bicyclic) bond motifs is 4. The lowest BCUT2D eigenvalue weighted by molar-refractivity contribution is -0.118. The molecule has 6 heteroatoms. The average molecular weight is 347 g/mol. The van der Waals surface area contributed by atoms with Crippen LogP contribution in [0.1, 0.15) is 29.7 Å². The average Bonchev–Trinajstić information content (AvgIpc) is 3.24. The topological polar surface area (TPSA) is 76.4 Å². The van der Waals surface area contributed by atoms with Gasteiger partial charge in [-0.15, -0.1) is 0 Å². The van der Waals surface area contributed by atoms with Crippen LogP contribution in [-0.4, -0.2) is 27.2 Å². The van der Waals surface area contributed by atoms with Crippen molar-refractivity contribution in [3.63, 3.8) is 0 Å². The van der Waals surface area contributed by atoms with Crippen molar-refractivity contribution in [2.45, 2.75) is 18.6 Å². The third-order valence-corrected chi connectivity index (χ3v) is 5.07. The Morgan fingerprint density at radius 3 is 3.12 bits per heavy atom. The van der Waals surface area contributed by atoms with E-state index in [0.29, 0.717) is 17.9 Å². The number of hydrogen-bond donors (Lipinski definition) is 2. The van der Waals surface area contributed by atoms with Crippen LogP contribution in [0.4, 0.5) is 5.69 Å². The van der Waals surface area contributed by atoms with Crippen LogP contribution < -0.4 is 10.1 Å². The fourth-order valence-corrected chi connectivity index (χ4v) is 3.82. The predicted octanol–water partition coefficient (Wildman–Crippen LogP) is 2.91. The largest absolute Gasteiger partial charge is 0.482 e. The summed E-state index contributed by atoms with van der Waals surface area (Å²) in [6.45, 7) is 0.000938. The van der Waals surface area contributed by atoms with Gasteiger partial charge in [0.1, 0.15) is 5.75 Å². The van der Waals surface area contributed by atoms with Gasteiger partial charge in [0.15, 0.2) is 6.61 Å². The van der Waals surface area contributed by atoms with Gasteiger partial charge < -0.3 is 19.7 Å².